The number of nitrogen functional groups attached to an aromatic ring is 1. The number of methoxy groups -OCH3 is 1. The fourth-order valence-corrected chi connectivity index (χ4v) is 4.13. The number of nitrogens with two attached hydrogens (primary N) is 1. The van der Waals surface area contributed by atoms with Crippen molar-refractivity contribution in [2.75, 3.05) is 37.5 Å². The smallest absolute Gasteiger partial charge is 0.222 e. The molecule has 0 aliphatic carbocycles. The lowest BCUT2D eigenvalue weighted by atomic mass is 10.0. The van der Waals surface area contributed by atoms with Crippen LogP contribution in [0.1, 0.15) is 29.3 Å². The van der Waals surface area contributed by atoms with Crippen LogP contribution < -0.4 is 15.4 Å². The summed E-state index contributed by atoms with van der Waals surface area (Å²) in [5.41, 5.74) is 10.8. The molecule has 140 valence electrons. The first kappa shape index (κ1) is 16.4. The molecule has 5 rings (SSSR count). The van der Waals surface area contributed by atoms with Crippen molar-refractivity contribution in [1.29, 1.82) is 0 Å². The van der Waals surface area contributed by atoms with E-state index in [-0.39, 0.29) is 0 Å². The van der Waals surface area contributed by atoms with Gasteiger partial charge in [0.25, 0.3) is 0 Å². The van der Waals surface area contributed by atoms with Gasteiger partial charge in [0.2, 0.25) is 5.95 Å². The number of nitrogens with zero attached hydrogens (tertiary/aromatic N) is 3. The van der Waals surface area contributed by atoms with Gasteiger partial charge in [-0.15, -0.1) is 0 Å². The fourth-order valence-electron chi connectivity index (χ4n) is 4.13. The van der Waals surface area contributed by atoms with Crippen molar-refractivity contribution in [2.24, 2.45) is 0 Å². The van der Waals surface area contributed by atoms with Gasteiger partial charge in [-0.25, -0.2) is 4.98 Å². The summed E-state index contributed by atoms with van der Waals surface area (Å²) in [5, 5.41) is 1.21. The topological polar surface area (TPSA) is 89.3 Å². The molecule has 1 aromatic carbocycles. The van der Waals surface area contributed by atoms with Gasteiger partial charge in [-0.3, -0.25) is 0 Å². The standard InChI is InChI=1S/C20H23N5O2/c1-26-13-2-3-16-14(8-13)15-10-25(6-4-17(15)22-16)19-9-18(23-20(21)24-19)12-5-7-27-11-12/h2-3,8-9,12,22H,4-7,10-11H2,1H3,(H2,21,23,24)/t12-/m0/s1. The molecule has 7 heteroatoms. The minimum atomic E-state index is 0.312. The molecule has 0 unspecified atom stereocenters. The number of aromatic amines is 1. The number of hydrogen-bond acceptors (Lipinski definition) is 6. The summed E-state index contributed by atoms with van der Waals surface area (Å²) in [6.07, 6.45) is 1.93. The number of nitrogens with one attached hydrogen (secondary N) is 1. The molecule has 1 fully saturated rings. The zero-order chi connectivity index (χ0) is 18.4. The Morgan fingerprint density at radius 3 is 3.04 bits per heavy atom. The van der Waals surface area contributed by atoms with Gasteiger partial charge in [-0.1, -0.05) is 0 Å². The van der Waals surface area contributed by atoms with Crippen molar-refractivity contribution < 1.29 is 9.47 Å². The maximum Gasteiger partial charge on any atom is 0.222 e. The molecule has 0 spiro atoms. The summed E-state index contributed by atoms with van der Waals surface area (Å²) in [4.78, 5) is 14.8. The molecule has 0 saturated carbocycles. The Morgan fingerprint density at radius 1 is 1.30 bits per heavy atom. The Labute approximate surface area is 157 Å². The van der Waals surface area contributed by atoms with Crippen LogP contribution in [0.5, 0.6) is 5.75 Å². The highest BCUT2D eigenvalue weighted by molar-refractivity contribution is 5.86. The largest absolute Gasteiger partial charge is 0.497 e. The summed E-state index contributed by atoms with van der Waals surface area (Å²) < 4.78 is 10.9. The first-order valence-corrected chi connectivity index (χ1v) is 9.36. The van der Waals surface area contributed by atoms with E-state index in [1.165, 1.54) is 16.6 Å². The van der Waals surface area contributed by atoms with Crippen LogP contribution in [-0.2, 0) is 17.7 Å². The van der Waals surface area contributed by atoms with Crippen molar-refractivity contribution in [3.63, 3.8) is 0 Å². The second kappa shape index (κ2) is 6.42. The van der Waals surface area contributed by atoms with Crippen LogP contribution in [-0.4, -0.2) is 41.8 Å². The van der Waals surface area contributed by atoms with Crippen molar-refractivity contribution in [3.05, 3.63) is 41.2 Å². The fraction of sp³-hybridized carbons (Fsp3) is 0.400. The number of fused-ring (bicyclic) bond motifs is 3. The average molecular weight is 365 g/mol. The molecule has 4 heterocycles. The van der Waals surface area contributed by atoms with Gasteiger partial charge in [0.15, 0.2) is 0 Å². The number of ether oxygens (including phenoxy) is 2. The Hall–Kier alpha value is -2.80. The number of rotatable bonds is 3. The predicted octanol–water partition coefficient (Wildman–Crippen LogP) is 2.62. The van der Waals surface area contributed by atoms with Gasteiger partial charge in [-0.2, -0.15) is 4.98 Å². The molecule has 1 saturated heterocycles. The Morgan fingerprint density at radius 2 is 2.22 bits per heavy atom. The van der Waals surface area contributed by atoms with Crippen LogP contribution in [0.4, 0.5) is 11.8 Å². The summed E-state index contributed by atoms with van der Waals surface area (Å²) >= 11 is 0. The van der Waals surface area contributed by atoms with Gasteiger partial charge < -0.3 is 25.1 Å². The molecule has 0 radical (unpaired) electrons. The van der Waals surface area contributed by atoms with E-state index in [0.717, 1.165) is 55.3 Å². The van der Waals surface area contributed by atoms with Crippen LogP contribution in [0.15, 0.2) is 24.3 Å². The van der Waals surface area contributed by atoms with Crippen molar-refractivity contribution in [3.8, 4) is 5.75 Å². The highest BCUT2D eigenvalue weighted by Gasteiger charge is 2.25. The number of hydrogen-bond donors (Lipinski definition) is 2. The number of aromatic nitrogens is 3. The van der Waals surface area contributed by atoms with Gasteiger partial charge >= 0.3 is 0 Å². The average Bonchev–Trinajstić information content (AvgIpc) is 3.34. The number of anilines is 2. The molecule has 3 N–H and O–H groups in total. The van der Waals surface area contributed by atoms with E-state index in [4.69, 9.17) is 15.2 Å². The van der Waals surface area contributed by atoms with Gasteiger partial charge in [0, 0.05) is 60.3 Å². The third kappa shape index (κ3) is 2.88. The number of benzene rings is 1. The molecule has 2 aliphatic rings. The molecule has 0 amide bonds. The summed E-state index contributed by atoms with van der Waals surface area (Å²) in [5.74, 6) is 2.41. The number of H-pyrrole nitrogens is 1. The normalized spacial score (nSPS) is 19.4. The molecular formula is C20H23N5O2. The quantitative estimate of drug-likeness (QED) is 0.742. The van der Waals surface area contributed by atoms with E-state index in [2.05, 4.69) is 38.1 Å². The van der Waals surface area contributed by atoms with Gasteiger partial charge in [0.1, 0.15) is 11.6 Å². The lowest BCUT2D eigenvalue weighted by Gasteiger charge is -2.29. The van der Waals surface area contributed by atoms with E-state index in [1.807, 2.05) is 6.07 Å². The van der Waals surface area contributed by atoms with Crippen molar-refractivity contribution in [1.82, 2.24) is 15.0 Å². The SMILES string of the molecule is COc1ccc2[nH]c3c(c2c1)CN(c1cc([C@H]2CCOC2)nc(N)n1)CC3. The highest BCUT2D eigenvalue weighted by Crippen LogP contribution is 2.33. The molecule has 0 bridgehead atoms. The third-order valence-electron chi connectivity index (χ3n) is 5.60. The van der Waals surface area contributed by atoms with E-state index in [1.54, 1.807) is 7.11 Å². The maximum atomic E-state index is 6.02. The lowest BCUT2D eigenvalue weighted by Crippen LogP contribution is -2.31. The minimum absolute atomic E-state index is 0.312. The van der Waals surface area contributed by atoms with E-state index in [0.29, 0.717) is 18.5 Å². The second-order valence-electron chi connectivity index (χ2n) is 7.23. The van der Waals surface area contributed by atoms with Gasteiger partial charge in [-0.05, 0) is 24.6 Å². The van der Waals surface area contributed by atoms with Crippen molar-refractivity contribution >= 4 is 22.7 Å². The third-order valence-corrected chi connectivity index (χ3v) is 5.60. The van der Waals surface area contributed by atoms with Gasteiger partial charge in [0.05, 0.1) is 19.4 Å². The lowest BCUT2D eigenvalue weighted by molar-refractivity contribution is 0.193. The van der Waals surface area contributed by atoms with Crippen LogP contribution in [0.3, 0.4) is 0 Å². The molecule has 3 aromatic rings. The Bertz CT molecular complexity index is 993. The highest BCUT2D eigenvalue weighted by atomic mass is 16.5. The Balaban J connectivity index is 1.50. The van der Waals surface area contributed by atoms with E-state index >= 15 is 0 Å². The van der Waals surface area contributed by atoms with Crippen LogP contribution in [0, 0.1) is 0 Å². The Kier molecular flexibility index (Phi) is 3.89. The summed E-state index contributed by atoms with van der Waals surface area (Å²) in [6, 6.07) is 8.25. The maximum absolute atomic E-state index is 6.02. The predicted molar refractivity (Wildman–Crippen MR) is 104 cm³/mol. The molecule has 7 nitrogen and oxygen atoms in total. The second-order valence-corrected chi connectivity index (χ2v) is 7.23. The summed E-state index contributed by atoms with van der Waals surface area (Å²) in [6.45, 7) is 3.18. The van der Waals surface area contributed by atoms with E-state index in [9.17, 15) is 0 Å². The van der Waals surface area contributed by atoms with Crippen LogP contribution in [0.2, 0.25) is 0 Å². The molecule has 2 aliphatic heterocycles. The zero-order valence-electron chi connectivity index (χ0n) is 15.4. The van der Waals surface area contributed by atoms with Crippen molar-refractivity contribution in [2.45, 2.75) is 25.3 Å². The van der Waals surface area contributed by atoms with E-state index < -0.39 is 0 Å². The van der Waals surface area contributed by atoms with Crippen LogP contribution >= 0.6 is 0 Å². The monoisotopic (exact) mass is 365 g/mol. The molecule has 2 aromatic heterocycles. The zero-order valence-corrected chi connectivity index (χ0v) is 15.4. The molecule has 27 heavy (non-hydrogen) atoms. The molecular weight excluding hydrogens is 342 g/mol. The first-order chi connectivity index (χ1) is 13.2. The summed E-state index contributed by atoms with van der Waals surface area (Å²) in [7, 11) is 1.70. The first-order valence-electron chi connectivity index (χ1n) is 9.36. The minimum Gasteiger partial charge on any atom is -0.497 e. The van der Waals surface area contributed by atoms with Crippen LogP contribution in [0.25, 0.3) is 10.9 Å². The molecule has 1 atom stereocenters.